The highest BCUT2D eigenvalue weighted by molar-refractivity contribution is 6.30. The molecule has 0 aliphatic rings. The monoisotopic (exact) mass is 392 g/mol. The zero-order chi connectivity index (χ0) is 19.8. The van der Waals surface area contributed by atoms with Crippen LogP contribution in [0.4, 0.5) is 0 Å². The number of ketones is 1. The van der Waals surface area contributed by atoms with Crippen LogP contribution in [0.25, 0.3) is 0 Å². The van der Waals surface area contributed by atoms with Crippen molar-refractivity contribution in [3.63, 3.8) is 0 Å². The second kappa shape index (κ2) is 9.86. The van der Waals surface area contributed by atoms with Crippen molar-refractivity contribution in [2.45, 2.75) is 25.4 Å². The number of carbonyl (C=O) groups is 2. The lowest BCUT2D eigenvalue weighted by Gasteiger charge is -2.16. The van der Waals surface area contributed by atoms with Crippen LogP contribution in [0.3, 0.4) is 0 Å². The first-order valence-electron chi connectivity index (χ1n) is 9.18. The zero-order valence-corrected chi connectivity index (χ0v) is 16.1. The first kappa shape index (κ1) is 19.8. The van der Waals surface area contributed by atoms with Gasteiger partial charge in [0, 0.05) is 22.9 Å². The second-order valence-corrected chi connectivity index (χ2v) is 6.96. The van der Waals surface area contributed by atoms with Crippen molar-refractivity contribution in [3.05, 3.63) is 107 Å². The normalized spacial score (nSPS) is 11.6. The molecule has 3 aromatic carbocycles. The molecule has 3 aromatic rings. The fourth-order valence-electron chi connectivity index (χ4n) is 3.02. The van der Waals surface area contributed by atoms with Crippen molar-refractivity contribution in [2.24, 2.45) is 0 Å². The molecule has 1 atom stereocenters. The maximum absolute atomic E-state index is 13.1. The van der Waals surface area contributed by atoms with Gasteiger partial charge in [-0.2, -0.15) is 0 Å². The van der Waals surface area contributed by atoms with Crippen LogP contribution in [-0.4, -0.2) is 11.8 Å². The highest BCUT2D eigenvalue weighted by Crippen LogP contribution is 2.27. The number of hydrogen-bond donors (Lipinski definition) is 0. The number of rotatable bonds is 8. The molecule has 0 fully saturated rings. The summed E-state index contributed by atoms with van der Waals surface area (Å²) in [5, 5.41) is 0.581. The summed E-state index contributed by atoms with van der Waals surface area (Å²) < 4.78 is 5.35. The Bertz CT molecular complexity index is 906. The van der Waals surface area contributed by atoms with Crippen LogP contribution in [0, 0.1) is 0 Å². The summed E-state index contributed by atoms with van der Waals surface area (Å²) in [6, 6.07) is 25.9. The van der Waals surface area contributed by atoms with E-state index in [1.807, 2.05) is 60.7 Å². The summed E-state index contributed by atoms with van der Waals surface area (Å²) in [5.74, 6) is -0.751. The molecule has 1 unspecified atom stereocenters. The fourth-order valence-corrected chi connectivity index (χ4v) is 3.15. The van der Waals surface area contributed by atoms with E-state index >= 15 is 0 Å². The Balaban J connectivity index is 1.66. The first-order chi connectivity index (χ1) is 13.6. The predicted molar refractivity (Wildman–Crippen MR) is 110 cm³/mol. The molecular formula is C24H21ClO3. The minimum Gasteiger partial charge on any atom is -0.461 e. The van der Waals surface area contributed by atoms with Crippen LogP contribution in [0.2, 0.25) is 5.02 Å². The van der Waals surface area contributed by atoms with Crippen LogP contribution < -0.4 is 0 Å². The molecule has 28 heavy (non-hydrogen) atoms. The first-order valence-corrected chi connectivity index (χ1v) is 9.55. The molecule has 3 rings (SSSR count). The molecule has 142 valence electrons. The van der Waals surface area contributed by atoms with Crippen molar-refractivity contribution >= 4 is 23.4 Å². The van der Waals surface area contributed by atoms with Gasteiger partial charge >= 0.3 is 5.97 Å². The lowest BCUT2D eigenvalue weighted by Crippen LogP contribution is -2.15. The Hall–Kier alpha value is -2.91. The minimum atomic E-state index is -0.411. The third-order valence-electron chi connectivity index (χ3n) is 4.53. The second-order valence-electron chi connectivity index (χ2n) is 6.52. The van der Waals surface area contributed by atoms with Gasteiger partial charge in [-0.05, 0) is 41.8 Å². The van der Waals surface area contributed by atoms with Crippen molar-refractivity contribution in [1.82, 2.24) is 0 Å². The Morgan fingerprint density at radius 2 is 1.43 bits per heavy atom. The standard InChI is InChI=1S/C24H21ClO3/c25-21-13-11-20(12-14-21)24(27)22(19-9-5-2-6-10-19)15-16-23(26)28-17-18-7-3-1-4-8-18/h1-14,22H,15-17H2. The minimum absolute atomic E-state index is 0.0290. The number of carbonyl (C=O) groups excluding carboxylic acids is 2. The smallest absolute Gasteiger partial charge is 0.306 e. The third-order valence-corrected chi connectivity index (χ3v) is 4.78. The van der Waals surface area contributed by atoms with Gasteiger partial charge in [-0.1, -0.05) is 72.3 Å². The largest absolute Gasteiger partial charge is 0.461 e. The Morgan fingerprint density at radius 3 is 2.07 bits per heavy atom. The quantitative estimate of drug-likeness (QED) is 0.358. The highest BCUT2D eigenvalue weighted by atomic mass is 35.5. The molecule has 4 heteroatoms. The number of esters is 1. The average Bonchev–Trinajstić information content (AvgIpc) is 2.74. The van der Waals surface area contributed by atoms with Crippen molar-refractivity contribution < 1.29 is 14.3 Å². The van der Waals surface area contributed by atoms with Crippen LogP contribution in [0.15, 0.2) is 84.9 Å². The molecular weight excluding hydrogens is 372 g/mol. The number of Topliss-reactive ketones (excluding diaryl/α,β-unsaturated/α-hetero) is 1. The summed E-state index contributed by atoms with van der Waals surface area (Å²) >= 11 is 5.93. The fraction of sp³-hybridized carbons (Fsp3) is 0.167. The summed E-state index contributed by atoms with van der Waals surface area (Å²) in [5.41, 5.74) is 2.40. The molecule has 0 aliphatic carbocycles. The van der Waals surface area contributed by atoms with E-state index < -0.39 is 5.92 Å². The molecule has 0 amide bonds. The van der Waals surface area contributed by atoms with Gasteiger partial charge < -0.3 is 4.74 Å². The van der Waals surface area contributed by atoms with Gasteiger partial charge in [-0.15, -0.1) is 0 Å². The topological polar surface area (TPSA) is 43.4 Å². The summed E-state index contributed by atoms with van der Waals surface area (Å²) in [7, 11) is 0. The van der Waals surface area contributed by atoms with Crippen LogP contribution in [0.5, 0.6) is 0 Å². The number of halogens is 1. The van der Waals surface area contributed by atoms with Crippen molar-refractivity contribution in [2.75, 3.05) is 0 Å². The van der Waals surface area contributed by atoms with E-state index in [1.54, 1.807) is 24.3 Å². The molecule has 3 nitrogen and oxygen atoms in total. The maximum atomic E-state index is 13.1. The summed E-state index contributed by atoms with van der Waals surface area (Å²) in [6.45, 7) is 0.237. The van der Waals surface area contributed by atoms with E-state index in [9.17, 15) is 9.59 Å². The van der Waals surface area contributed by atoms with Crippen LogP contribution in [0.1, 0.15) is 40.2 Å². The highest BCUT2D eigenvalue weighted by Gasteiger charge is 2.23. The van der Waals surface area contributed by atoms with Gasteiger partial charge in [0.15, 0.2) is 5.78 Å². The summed E-state index contributed by atoms with van der Waals surface area (Å²) in [6.07, 6.45) is 0.560. The van der Waals surface area contributed by atoms with Gasteiger partial charge in [0.05, 0.1) is 0 Å². The molecule has 0 aromatic heterocycles. The average molecular weight is 393 g/mol. The lowest BCUT2D eigenvalue weighted by molar-refractivity contribution is -0.145. The Labute approximate surface area is 169 Å². The van der Waals surface area contributed by atoms with E-state index in [0.29, 0.717) is 17.0 Å². The van der Waals surface area contributed by atoms with Gasteiger partial charge in [-0.3, -0.25) is 9.59 Å². The van der Waals surface area contributed by atoms with Crippen molar-refractivity contribution in [1.29, 1.82) is 0 Å². The molecule has 0 radical (unpaired) electrons. The predicted octanol–water partition coefficient (Wildman–Crippen LogP) is 5.83. The van der Waals surface area contributed by atoms with E-state index in [2.05, 4.69) is 0 Å². The molecule has 0 saturated heterocycles. The lowest BCUT2D eigenvalue weighted by atomic mass is 9.87. The molecule has 0 saturated carbocycles. The van der Waals surface area contributed by atoms with Gasteiger partial charge in [0.25, 0.3) is 0 Å². The van der Waals surface area contributed by atoms with E-state index in [4.69, 9.17) is 16.3 Å². The molecule has 0 aliphatic heterocycles. The molecule has 0 heterocycles. The molecule has 0 spiro atoms. The van der Waals surface area contributed by atoms with Gasteiger partial charge in [0.2, 0.25) is 0 Å². The van der Waals surface area contributed by atoms with Crippen molar-refractivity contribution in [3.8, 4) is 0 Å². The third kappa shape index (κ3) is 5.54. The van der Waals surface area contributed by atoms with E-state index in [0.717, 1.165) is 11.1 Å². The van der Waals surface area contributed by atoms with E-state index in [1.165, 1.54) is 0 Å². The van der Waals surface area contributed by atoms with E-state index in [-0.39, 0.29) is 24.8 Å². The van der Waals surface area contributed by atoms with Crippen LogP contribution >= 0.6 is 11.6 Å². The maximum Gasteiger partial charge on any atom is 0.306 e. The number of benzene rings is 3. The molecule has 0 N–H and O–H groups in total. The SMILES string of the molecule is O=C(CCC(C(=O)c1ccc(Cl)cc1)c1ccccc1)OCc1ccccc1. The van der Waals surface area contributed by atoms with Gasteiger partial charge in [-0.25, -0.2) is 0 Å². The zero-order valence-electron chi connectivity index (χ0n) is 15.4. The van der Waals surface area contributed by atoms with Gasteiger partial charge in [0.1, 0.15) is 6.61 Å². The summed E-state index contributed by atoms with van der Waals surface area (Å²) in [4.78, 5) is 25.3. The number of hydrogen-bond acceptors (Lipinski definition) is 3. The Kier molecular flexibility index (Phi) is 6.99. The van der Waals surface area contributed by atoms with Crippen LogP contribution in [-0.2, 0) is 16.1 Å². The number of ether oxygens (including phenoxy) is 1. The Morgan fingerprint density at radius 1 is 0.821 bits per heavy atom. The molecule has 0 bridgehead atoms.